The summed E-state index contributed by atoms with van der Waals surface area (Å²) >= 11 is 0. The van der Waals surface area contributed by atoms with Crippen LogP contribution < -0.4 is 0 Å². The van der Waals surface area contributed by atoms with Gasteiger partial charge in [0.1, 0.15) is 0 Å². The van der Waals surface area contributed by atoms with Gasteiger partial charge in [0.2, 0.25) is 5.91 Å². The highest BCUT2D eigenvalue weighted by Gasteiger charge is 2.33. The second-order valence-electron chi connectivity index (χ2n) is 7.92. The number of carbonyl (C=O) groups is 1. The molecule has 23 heavy (non-hydrogen) atoms. The topological polar surface area (TPSA) is 26.8 Å². The minimum atomic E-state index is 0.0675. The van der Waals surface area contributed by atoms with Crippen LogP contribution in [-0.4, -0.2) is 71.5 Å². The molecule has 3 heterocycles. The molecule has 0 radical (unpaired) electrons. The van der Waals surface area contributed by atoms with Crippen molar-refractivity contribution in [3.8, 4) is 0 Å². The Morgan fingerprint density at radius 1 is 0.870 bits per heavy atom. The lowest BCUT2D eigenvalue weighted by Gasteiger charge is -2.43. The largest absolute Gasteiger partial charge is 0.339 e. The van der Waals surface area contributed by atoms with Crippen LogP contribution in [-0.2, 0) is 4.79 Å². The molecule has 0 unspecified atom stereocenters. The average molecular weight is 322 g/mol. The van der Waals surface area contributed by atoms with E-state index in [1.165, 1.54) is 64.5 Å². The molecular formula is C19H35N3O. The van der Waals surface area contributed by atoms with E-state index in [9.17, 15) is 4.79 Å². The third kappa shape index (κ3) is 4.08. The zero-order chi connectivity index (χ0) is 16.2. The monoisotopic (exact) mass is 321 g/mol. The SMILES string of the molecule is C[C@H](C(=O)N1CCCC[C@@H]1C)N1CCC(N2CCCCC2)CC1. The zero-order valence-electron chi connectivity index (χ0n) is 15.2. The van der Waals surface area contributed by atoms with Crippen molar-refractivity contribution < 1.29 is 4.79 Å². The van der Waals surface area contributed by atoms with Gasteiger partial charge in [-0.2, -0.15) is 0 Å². The first kappa shape index (κ1) is 17.2. The molecule has 2 atom stereocenters. The van der Waals surface area contributed by atoms with Gasteiger partial charge in [0.15, 0.2) is 0 Å². The first-order valence-corrected chi connectivity index (χ1v) is 9.95. The second-order valence-corrected chi connectivity index (χ2v) is 7.92. The summed E-state index contributed by atoms with van der Waals surface area (Å²) in [7, 11) is 0. The minimum absolute atomic E-state index is 0.0675. The molecule has 0 aromatic carbocycles. The lowest BCUT2D eigenvalue weighted by atomic mass is 9.98. The maximum absolute atomic E-state index is 12.9. The molecule has 0 bridgehead atoms. The van der Waals surface area contributed by atoms with E-state index in [1.54, 1.807) is 0 Å². The number of likely N-dealkylation sites (tertiary alicyclic amines) is 3. The van der Waals surface area contributed by atoms with Crippen LogP contribution in [0.1, 0.15) is 65.2 Å². The van der Waals surface area contributed by atoms with E-state index in [0.29, 0.717) is 11.9 Å². The Balaban J connectivity index is 1.49. The van der Waals surface area contributed by atoms with E-state index in [4.69, 9.17) is 0 Å². The maximum Gasteiger partial charge on any atom is 0.239 e. The molecule has 3 saturated heterocycles. The Kier molecular flexibility index (Phi) is 5.97. The van der Waals surface area contributed by atoms with Crippen LogP contribution >= 0.6 is 0 Å². The standard InChI is InChI=1S/C19H35N3O/c1-16-8-4-7-13-22(16)19(23)17(2)20-14-9-18(10-15-20)21-11-5-3-6-12-21/h16-18H,3-15H2,1-2H3/t16-,17+/m0/s1. The Hall–Kier alpha value is -0.610. The van der Waals surface area contributed by atoms with Gasteiger partial charge in [-0.3, -0.25) is 9.69 Å². The van der Waals surface area contributed by atoms with E-state index >= 15 is 0 Å². The lowest BCUT2D eigenvalue weighted by molar-refractivity contribution is -0.140. The number of piperidine rings is 3. The van der Waals surface area contributed by atoms with E-state index in [-0.39, 0.29) is 6.04 Å². The zero-order valence-corrected chi connectivity index (χ0v) is 15.2. The third-order valence-corrected chi connectivity index (χ3v) is 6.40. The number of nitrogens with zero attached hydrogens (tertiary/aromatic N) is 3. The molecule has 0 aliphatic carbocycles. The first-order chi connectivity index (χ1) is 11.2. The summed E-state index contributed by atoms with van der Waals surface area (Å²) in [6, 6.07) is 1.27. The van der Waals surface area contributed by atoms with Gasteiger partial charge >= 0.3 is 0 Å². The highest BCUT2D eigenvalue weighted by atomic mass is 16.2. The molecule has 0 aromatic heterocycles. The molecular weight excluding hydrogens is 286 g/mol. The number of hydrogen-bond donors (Lipinski definition) is 0. The van der Waals surface area contributed by atoms with Crippen molar-refractivity contribution in [1.29, 1.82) is 0 Å². The van der Waals surface area contributed by atoms with Gasteiger partial charge < -0.3 is 9.80 Å². The highest BCUT2D eigenvalue weighted by Crippen LogP contribution is 2.24. The van der Waals surface area contributed by atoms with Crippen molar-refractivity contribution in [3.63, 3.8) is 0 Å². The van der Waals surface area contributed by atoms with Gasteiger partial charge in [0.25, 0.3) is 0 Å². The van der Waals surface area contributed by atoms with Crippen molar-refractivity contribution in [2.45, 2.75) is 83.3 Å². The quantitative estimate of drug-likeness (QED) is 0.800. The number of rotatable bonds is 3. The highest BCUT2D eigenvalue weighted by molar-refractivity contribution is 5.81. The Bertz CT molecular complexity index is 386. The van der Waals surface area contributed by atoms with Crippen molar-refractivity contribution in [3.05, 3.63) is 0 Å². The summed E-state index contributed by atoms with van der Waals surface area (Å²) in [6.07, 6.45) is 10.3. The molecule has 3 rings (SSSR count). The average Bonchev–Trinajstić information content (AvgIpc) is 2.62. The van der Waals surface area contributed by atoms with Gasteiger partial charge in [-0.05, 0) is 71.9 Å². The van der Waals surface area contributed by atoms with Gasteiger partial charge in [-0.1, -0.05) is 6.42 Å². The number of amides is 1. The summed E-state index contributed by atoms with van der Waals surface area (Å²) in [5.41, 5.74) is 0. The molecule has 0 spiro atoms. The molecule has 1 amide bonds. The van der Waals surface area contributed by atoms with Crippen LogP contribution in [0.2, 0.25) is 0 Å². The van der Waals surface area contributed by atoms with Gasteiger partial charge in [-0.15, -0.1) is 0 Å². The third-order valence-electron chi connectivity index (χ3n) is 6.40. The fraction of sp³-hybridized carbons (Fsp3) is 0.947. The molecule has 3 aliphatic heterocycles. The molecule has 4 nitrogen and oxygen atoms in total. The number of carbonyl (C=O) groups excluding carboxylic acids is 1. The predicted molar refractivity (Wildman–Crippen MR) is 94.5 cm³/mol. The van der Waals surface area contributed by atoms with Crippen molar-refractivity contribution >= 4 is 5.91 Å². The maximum atomic E-state index is 12.9. The van der Waals surface area contributed by atoms with Crippen molar-refractivity contribution in [2.75, 3.05) is 32.7 Å². The molecule has 0 aromatic rings. The summed E-state index contributed by atoms with van der Waals surface area (Å²) in [5, 5.41) is 0. The van der Waals surface area contributed by atoms with Gasteiger partial charge in [0.05, 0.1) is 6.04 Å². The fourth-order valence-electron chi connectivity index (χ4n) is 4.74. The second kappa shape index (κ2) is 7.98. The van der Waals surface area contributed by atoms with Crippen LogP contribution in [0.3, 0.4) is 0 Å². The van der Waals surface area contributed by atoms with E-state index in [2.05, 4.69) is 28.5 Å². The fourth-order valence-corrected chi connectivity index (χ4v) is 4.74. The molecule has 3 fully saturated rings. The Labute approximate surface area is 142 Å². The normalized spacial score (nSPS) is 30.3. The van der Waals surface area contributed by atoms with Crippen molar-refractivity contribution in [1.82, 2.24) is 14.7 Å². The summed E-state index contributed by atoms with van der Waals surface area (Å²) in [4.78, 5) is 20.2. The molecule has 3 aliphatic rings. The summed E-state index contributed by atoms with van der Waals surface area (Å²) in [6.45, 7) is 10.1. The lowest BCUT2D eigenvalue weighted by Crippen LogP contribution is -2.55. The molecule has 4 heteroatoms. The van der Waals surface area contributed by atoms with Crippen LogP contribution in [0.15, 0.2) is 0 Å². The molecule has 132 valence electrons. The number of hydrogen-bond acceptors (Lipinski definition) is 3. The minimum Gasteiger partial charge on any atom is -0.339 e. The smallest absolute Gasteiger partial charge is 0.239 e. The van der Waals surface area contributed by atoms with Crippen LogP contribution in [0.4, 0.5) is 0 Å². The molecule has 0 saturated carbocycles. The van der Waals surface area contributed by atoms with E-state index < -0.39 is 0 Å². The van der Waals surface area contributed by atoms with Crippen molar-refractivity contribution in [2.24, 2.45) is 0 Å². The van der Waals surface area contributed by atoms with E-state index in [1.807, 2.05) is 0 Å². The first-order valence-electron chi connectivity index (χ1n) is 9.95. The predicted octanol–water partition coefficient (Wildman–Crippen LogP) is 2.73. The van der Waals surface area contributed by atoms with Crippen LogP contribution in [0, 0.1) is 0 Å². The summed E-state index contributed by atoms with van der Waals surface area (Å²) in [5.74, 6) is 0.369. The summed E-state index contributed by atoms with van der Waals surface area (Å²) < 4.78 is 0. The van der Waals surface area contributed by atoms with E-state index in [0.717, 1.165) is 25.7 Å². The Morgan fingerprint density at radius 3 is 2.17 bits per heavy atom. The van der Waals surface area contributed by atoms with Crippen LogP contribution in [0.25, 0.3) is 0 Å². The molecule has 0 N–H and O–H groups in total. The van der Waals surface area contributed by atoms with Crippen LogP contribution in [0.5, 0.6) is 0 Å². The Morgan fingerprint density at radius 2 is 1.52 bits per heavy atom. The van der Waals surface area contributed by atoms with Gasteiger partial charge in [0, 0.05) is 31.7 Å². The van der Waals surface area contributed by atoms with Gasteiger partial charge in [-0.25, -0.2) is 0 Å².